The van der Waals surface area contributed by atoms with Gasteiger partial charge in [0.25, 0.3) is 0 Å². The van der Waals surface area contributed by atoms with Crippen LogP contribution in [0.25, 0.3) is 11.1 Å². The molecule has 2 N–H and O–H groups in total. The number of methoxy groups -OCH3 is 1. The van der Waals surface area contributed by atoms with E-state index in [1.165, 1.54) is 12.3 Å². The van der Waals surface area contributed by atoms with Crippen molar-refractivity contribution in [2.24, 2.45) is 0 Å². The van der Waals surface area contributed by atoms with Crippen LogP contribution in [0.5, 0.6) is 0 Å². The Kier molecular flexibility index (Phi) is 3.31. The largest absolute Gasteiger partial charge is 0.380 e. The van der Waals surface area contributed by atoms with Crippen LogP contribution in [0.4, 0.5) is 10.3 Å². The summed E-state index contributed by atoms with van der Waals surface area (Å²) in [5, 5.41) is 3.51. The number of nitrogens with two attached hydrogens (primary N) is 1. The normalized spacial score (nSPS) is 10.8. The van der Waals surface area contributed by atoms with Crippen LogP contribution in [0, 0.1) is 5.82 Å². The van der Waals surface area contributed by atoms with Crippen molar-refractivity contribution in [3.8, 4) is 11.1 Å². The maximum Gasteiger partial charge on any atom is 0.230 e. The van der Waals surface area contributed by atoms with Crippen molar-refractivity contribution in [2.75, 3.05) is 12.8 Å². The van der Waals surface area contributed by atoms with Gasteiger partial charge in [0, 0.05) is 12.7 Å². The zero-order valence-electron chi connectivity index (χ0n) is 9.04. The van der Waals surface area contributed by atoms with Gasteiger partial charge in [0.2, 0.25) is 5.88 Å². The lowest BCUT2D eigenvalue weighted by Crippen LogP contribution is -1.94. The highest BCUT2D eigenvalue weighted by atomic mass is 35.5. The molecular weight excluding hydrogens is 247 g/mol. The standard InChI is InChI=1S/C11H10ClFN2O2/c1-16-5-6-2-7(10(13)9(12)3-6)8-4-15-17-11(8)14/h2-4H,5,14H2,1H3. The number of hydrogen-bond acceptors (Lipinski definition) is 4. The van der Waals surface area contributed by atoms with Crippen LogP contribution in [-0.2, 0) is 11.3 Å². The molecule has 0 spiro atoms. The molecule has 0 unspecified atom stereocenters. The number of rotatable bonds is 3. The maximum absolute atomic E-state index is 13.9. The average Bonchev–Trinajstić information content (AvgIpc) is 2.70. The molecule has 1 aromatic carbocycles. The summed E-state index contributed by atoms with van der Waals surface area (Å²) in [5.41, 5.74) is 6.92. The number of aromatic nitrogens is 1. The Labute approximate surface area is 102 Å². The molecule has 0 amide bonds. The molecule has 0 atom stereocenters. The Hall–Kier alpha value is -1.59. The van der Waals surface area contributed by atoms with Gasteiger partial charge in [-0.1, -0.05) is 16.8 Å². The molecule has 2 aromatic rings. The zero-order valence-corrected chi connectivity index (χ0v) is 9.79. The van der Waals surface area contributed by atoms with Gasteiger partial charge in [-0.25, -0.2) is 4.39 Å². The first kappa shape index (κ1) is 11.9. The fourth-order valence-electron chi connectivity index (χ4n) is 1.54. The third-order valence-electron chi connectivity index (χ3n) is 2.29. The second-order valence-corrected chi connectivity index (χ2v) is 3.88. The van der Waals surface area contributed by atoms with E-state index in [2.05, 4.69) is 5.16 Å². The minimum atomic E-state index is -0.554. The van der Waals surface area contributed by atoms with E-state index < -0.39 is 5.82 Å². The number of anilines is 1. The lowest BCUT2D eigenvalue weighted by Gasteiger charge is -2.07. The van der Waals surface area contributed by atoms with E-state index in [9.17, 15) is 4.39 Å². The van der Waals surface area contributed by atoms with Crippen molar-refractivity contribution in [2.45, 2.75) is 6.61 Å². The molecule has 0 fully saturated rings. The fraction of sp³-hybridized carbons (Fsp3) is 0.182. The molecule has 6 heteroatoms. The van der Waals surface area contributed by atoms with Crippen LogP contribution in [-0.4, -0.2) is 12.3 Å². The molecule has 17 heavy (non-hydrogen) atoms. The fourth-order valence-corrected chi connectivity index (χ4v) is 1.78. The van der Waals surface area contributed by atoms with Crippen LogP contribution in [0.3, 0.4) is 0 Å². The Morgan fingerprint density at radius 1 is 1.47 bits per heavy atom. The first-order valence-electron chi connectivity index (χ1n) is 4.81. The first-order valence-corrected chi connectivity index (χ1v) is 5.18. The van der Waals surface area contributed by atoms with Gasteiger partial charge < -0.3 is 15.0 Å². The van der Waals surface area contributed by atoms with Gasteiger partial charge in [-0.3, -0.25) is 0 Å². The van der Waals surface area contributed by atoms with E-state index >= 15 is 0 Å². The van der Waals surface area contributed by atoms with E-state index in [0.29, 0.717) is 12.2 Å². The summed E-state index contributed by atoms with van der Waals surface area (Å²) in [7, 11) is 1.55. The Morgan fingerprint density at radius 3 is 2.82 bits per heavy atom. The van der Waals surface area contributed by atoms with E-state index in [4.69, 9.17) is 26.6 Å². The summed E-state index contributed by atoms with van der Waals surface area (Å²) in [5.74, 6) is -0.504. The smallest absolute Gasteiger partial charge is 0.230 e. The molecule has 1 aromatic heterocycles. The quantitative estimate of drug-likeness (QED) is 0.917. The molecule has 0 radical (unpaired) electrons. The monoisotopic (exact) mass is 256 g/mol. The SMILES string of the molecule is COCc1cc(Cl)c(F)c(-c2cnoc2N)c1. The third kappa shape index (κ3) is 2.25. The minimum Gasteiger partial charge on any atom is -0.380 e. The summed E-state index contributed by atoms with van der Waals surface area (Å²) in [6, 6.07) is 3.11. The molecule has 0 aliphatic carbocycles. The maximum atomic E-state index is 13.9. The number of nitrogen functional groups attached to an aromatic ring is 1. The first-order chi connectivity index (χ1) is 8.13. The van der Waals surface area contributed by atoms with E-state index in [1.54, 1.807) is 13.2 Å². The second-order valence-electron chi connectivity index (χ2n) is 3.48. The summed E-state index contributed by atoms with van der Waals surface area (Å²) in [6.45, 7) is 0.332. The van der Waals surface area contributed by atoms with Crippen LogP contribution in [0.2, 0.25) is 5.02 Å². The van der Waals surface area contributed by atoms with Crippen molar-refractivity contribution < 1.29 is 13.7 Å². The van der Waals surface area contributed by atoms with Gasteiger partial charge in [-0.15, -0.1) is 0 Å². The van der Waals surface area contributed by atoms with Crippen LogP contribution >= 0.6 is 11.6 Å². The third-order valence-corrected chi connectivity index (χ3v) is 2.56. The second kappa shape index (κ2) is 4.73. The van der Waals surface area contributed by atoms with E-state index in [0.717, 1.165) is 5.56 Å². The van der Waals surface area contributed by atoms with Crippen molar-refractivity contribution in [1.82, 2.24) is 5.16 Å². The lowest BCUT2D eigenvalue weighted by molar-refractivity contribution is 0.185. The Morgan fingerprint density at radius 2 is 2.24 bits per heavy atom. The van der Waals surface area contributed by atoms with Gasteiger partial charge in [-0.2, -0.15) is 0 Å². The predicted molar refractivity (Wildman–Crippen MR) is 62.0 cm³/mol. The topological polar surface area (TPSA) is 61.3 Å². The molecule has 2 rings (SSSR count). The van der Waals surface area contributed by atoms with Crippen molar-refractivity contribution in [1.29, 1.82) is 0 Å². The number of hydrogen-bond donors (Lipinski definition) is 1. The summed E-state index contributed by atoms with van der Waals surface area (Å²) in [4.78, 5) is 0. The molecule has 1 heterocycles. The average molecular weight is 257 g/mol. The van der Waals surface area contributed by atoms with Gasteiger partial charge >= 0.3 is 0 Å². The van der Waals surface area contributed by atoms with Crippen molar-refractivity contribution in [3.63, 3.8) is 0 Å². The van der Waals surface area contributed by atoms with Gasteiger partial charge in [0.05, 0.1) is 23.4 Å². The predicted octanol–water partition coefficient (Wildman–Crippen LogP) is 2.86. The highest BCUT2D eigenvalue weighted by Crippen LogP contribution is 2.32. The number of halogens is 2. The summed E-state index contributed by atoms with van der Waals surface area (Å²) in [6.07, 6.45) is 1.35. The number of benzene rings is 1. The highest BCUT2D eigenvalue weighted by Gasteiger charge is 2.16. The highest BCUT2D eigenvalue weighted by molar-refractivity contribution is 6.31. The molecule has 90 valence electrons. The minimum absolute atomic E-state index is 0.00940. The van der Waals surface area contributed by atoms with Gasteiger partial charge in [0.15, 0.2) is 0 Å². The zero-order chi connectivity index (χ0) is 12.4. The molecule has 0 aliphatic rings. The van der Waals surface area contributed by atoms with Gasteiger partial charge in [-0.05, 0) is 17.7 Å². The Balaban J connectivity index is 2.56. The van der Waals surface area contributed by atoms with Crippen molar-refractivity contribution >= 4 is 17.5 Å². The molecule has 0 bridgehead atoms. The summed E-state index contributed by atoms with van der Waals surface area (Å²) < 4.78 is 23.5. The van der Waals surface area contributed by atoms with Crippen LogP contribution in [0.15, 0.2) is 22.9 Å². The number of ether oxygens (including phenoxy) is 1. The van der Waals surface area contributed by atoms with Crippen LogP contribution in [0.1, 0.15) is 5.56 Å². The van der Waals surface area contributed by atoms with Crippen molar-refractivity contribution in [3.05, 3.63) is 34.7 Å². The molecular formula is C11H10ClFN2O2. The molecule has 0 saturated carbocycles. The Bertz CT molecular complexity index is 542. The summed E-state index contributed by atoms with van der Waals surface area (Å²) >= 11 is 5.80. The molecule has 0 saturated heterocycles. The van der Waals surface area contributed by atoms with Gasteiger partial charge in [0.1, 0.15) is 5.82 Å². The van der Waals surface area contributed by atoms with Crippen LogP contribution < -0.4 is 5.73 Å². The lowest BCUT2D eigenvalue weighted by atomic mass is 10.1. The van der Waals surface area contributed by atoms with E-state index in [-0.39, 0.29) is 16.5 Å². The molecule has 0 aliphatic heterocycles. The van der Waals surface area contributed by atoms with E-state index in [1.807, 2.05) is 0 Å². The number of nitrogens with zero attached hydrogens (tertiary/aromatic N) is 1. The molecule has 4 nitrogen and oxygen atoms in total.